The van der Waals surface area contributed by atoms with Crippen LogP contribution in [0.5, 0.6) is 0 Å². The van der Waals surface area contributed by atoms with E-state index < -0.39 is 0 Å². The van der Waals surface area contributed by atoms with Gasteiger partial charge in [-0.25, -0.2) is 0 Å². The minimum absolute atomic E-state index is 0.150. The number of hydrogen-bond acceptors (Lipinski definition) is 3. The molecule has 19 heavy (non-hydrogen) atoms. The lowest BCUT2D eigenvalue weighted by Gasteiger charge is -2.02. The summed E-state index contributed by atoms with van der Waals surface area (Å²) in [7, 11) is 0. The van der Waals surface area contributed by atoms with E-state index in [9.17, 15) is 4.79 Å². The maximum atomic E-state index is 12.0. The third-order valence-corrected chi connectivity index (χ3v) is 3.18. The zero-order chi connectivity index (χ0) is 13.2. The van der Waals surface area contributed by atoms with Crippen LogP contribution in [0.25, 0.3) is 16.6 Å². The van der Waals surface area contributed by atoms with Gasteiger partial charge < -0.3 is 4.57 Å². The highest BCUT2D eigenvalue weighted by atomic mass is 16.1. The topological polar surface area (TPSA) is 47.8 Å². The predicted molar refractivity (Wildman–Crippen MR) is 73.5 cm³/mol. The molecule has 4 heteroatoms. The van der Waals surface area contributed by atoms with Crippen molar-refractivity contribution in [2.45, 2.75) is 13.3 Å². The van der Waals surface area contributed by atoms with Crippen molar-refractivity contribution in [2.24, 2.45) is 0 Å². The molecule has 3 aromatic rings. The normalized spacial score (nSPS) is 10.8. The average Bonchev–Trinajstić information content (AvgIpc) is 2.87. The van der Waals surface area contributed by atoms with E-state index in [1.165, 1.54) is 0 Å². The molecule has 2 aromatic heterocycles. The second kappa shape index (κ2) is 4.65. The van der Waals surface area contributed by atoms with Gasteiger partial charge in [-0.15, -0.1) is 0 Å². The molecule has 4 nitrogen and oxygen atoms in total. The number of carbonyl (C=O) groups is 1. The highest BCUT2D eigenvalue weighted by Gasteiger charge is 2.14. The summed E-state index contributed by atoms with van der Waals surface area (Å²) in [5, 5.41) is 8.64. The Bertz CT molecular complexity index is 731. The number of para-hydroxylation sites is 1. The molecule has 0 unspecified atom stereocenters. The molecule has 0 N–H and O–H groups in total. The molecule has 0 aliphatic carbocycles. The van der Waals surface area contributed by atoms with Gasteiger partial charge in [0, 0.05) is 23.6 Å². The van der Waals surface area contributed by atoms with E-state index in [4.69, 9.17) is 0 Å². The van der Waals surface area contributed by atoms with Gasteiger partial charge in [-0.3, -0.25) is 4.79 Å². The molecule has 1 aromatic carbocycles. The van der Waals surface area contributed by atoms with Crippen molar-refractivity contribution < 1.29 is 4.79 Å². The molecular formula is C15H13N3O. The van der Waals surface area contributed by atoms with Gasteiger partial charge in [0.25, 0.3) is 0 Å². The van der Waals surface area contributed by atoms with Crippen molar-refractivity contribution in [3.05, 3.63) is 54.5 Å². The van der Waals surface area contributed by atoms with E-state index in [2.05, 4.69) is 10.2 Å². The highest BCUT2D eigenvalue weighted by molar-refractivity contribution is 6.08. The van der Waals surface area contributed by atoms with Crippen LogP contribution in [0.4, 0.5) is 0 Å². The summed E-state index contributed by atoms with van der Waals surface area (Å²) in [4.78, 5) is 12.0. The summed E-state index contributed by atoms with van der Waals surface area (Å²) >= 11 is 0. The summed E-state index contributed by atoms with van der Waals surface area (Å²) in [6.07, 6.45) is 5.72. The molecule has 0 radical (unpaired) electrons. The van der Waals surface area contributed by atoms with Crippen molar-refractivity contribution in [1.82, 2.24) is 14.8 Å². The van der Waals surface area contributed by atoms with Gasteiger partial charge in [-0.05, 0) is 12.1 Å². The third-order valence-electron chi connectivity index (χ3n) is 3.18. The zero-order valence-electron chi connectivity index (χ0n) is 10.6. The van der Waals surface area contributed by atoms with Gasteiger partial charge in [0.05, 0.1) is 23.6 Å². The predicted octanol–water partition coefficient (Wildman–Crippen LogP) is 3.01. The lowest BCUT2D eigenvalue weighted by Crippen LogP contribution is -1.96. The van der Waals surface area contributed by atoms with E-state index in [1.54, 1.807) is 12.4 Å². The molecule has 0 aliphatic heterocycles. The third kappa shape index (κ3) is 1.91. The zero-order valence-corrected chi connectivity index (χ0v) is 10.6. The van der Waals surface area contributed by atoms with Gasteiger partial charge in [0.2, 0.25) is 0 Å². The van der Waals surface area contributed by atoms with Crippen LogP contribution >= 0.6 is 0 Å². The lowest BCUT2D eigenvalue weighted by molar-refractivity contribution is 0.0989. The van der Waals surface area contributed by atoms with E-state index in [1.807, 2.05) is 48.0 Å². The van der Waals surface area contributed by atoms with Crippen LogP contribution in [-0.4, -0.2) is 20.5 Å². The quantitative estimate of drug-likeness (QED) is 0.672. The fourth-order valence-electron chi connectivity index (χ4n) is 2.23. The monoisotopic (exact) mass is 251 g/mol. The fraction of sp³-hybridized carbons (Fsp3) is 0.133. The molecule has 0 aliphatic rings. The Balaban J connectivity index is 2.29. The minimum atomic E-state index is 0.150. The van der Waals surface area contributed by atoms with E-state index in [0.29, 0.717) is 6.42 Å². The number of aromatic nitrogens is 3. The highest BCUT2D eigenvalue weighted by Crippen LogP contribution is 2.25. The van der Waals surface area contributed by atoms with E-state index in [0.717, 1.165) is 22.2 Å². The number of benzene rings is 1. The first-order valence-electron chi connectivity index (χ1n) is 6.21. The Hall–Kier alpha value is -2.49. The summed E-state index contributed by atoms with van der Waals surface area (Å²) < 4.78 is 1.98. The Morgan fingerprint density at radius 3 is 2.79 bits per heavy atom. The van der Waals surface area contributed by atoms with Crippen molar-refractivity contribution in [1.29, 1.82) is 0 Å². The largest absolute Gasteiger partial charge is 0.314 e. The van der Waals surface area contributed by atoms with E-state index in [-0.39, 0.29) is 5.78 Å². The van der Waals surface area contributed by atoms with Crippen LogP contribution in [-0.2, 0) is 0 Å². The lowest BCUT2D eigenvalue weighted by atomic mass is 10.1. The molecule has 0 bridgehead atoms. The molecule has 2 heterocycles. The van der Waals surface area contributed by atoms with Crippen LogP contribution < -0.4 is 0 Å². The minimum Gasteiger partial charge on any atom is -0.314 e. The van der Waals surface area contributed by atoms with Gasteiger partial charge in [0.15, 0.2) is 5.78 Å². The maximum Gasteiger partial charge on any atom is 0.164 e. The van der Waals surface area contributed by atoms with Gasteiger partial charge in [-0.1, -0.05) is 25.1 Å². The van der Waals surface area contributed by atoms with Crippen LogP contribution in [0.15, 0.2) is 48.9 Å². The van der Waals surface area contributed by atoms with Crippen molar-refractivity contribution in [3.8, 4) is 5.69 Å². The first-order chi connectivity index (χ1) is 9.31. The van der Waals surface area contributed by atoms with Crippen LogP contribution in [0.2, 0.25) is 0 Å². The molecule has 0 amide bonds. The Morgan fingerprint density at radius 1 is 1.21 bits per heavy atom. The molecule has 0 fully saturated rings. The number of rotatable bonds is 3. The second-order valence-corrected chi connectivity index (χ2v) is 4.31. The molecular weight excluding hydrogens is 238 g/mol. The Morgan fingerprint density at radius 2 is 2.05 bits per heavy atom. The summed E-state index contributed by atoms with van der Waals surface area (Å²) in [6, 6.07) is 9.77. The molecule has 94 valence electrons. The van der Waals surface area contributed by atoms with E-state index >= 15 is 0 Å². The molecule has 0 saturated heterocycles. The first-order valence-corrected chi connectivity index (χ1v) is 6.21. The summed E-state index contributed by atoms with van der Waals surface area (Å²) in [5.74, 6) is 0.150. The average molecular weight is 251 g/mol. The molecule has 0 spiro atoms. The summed E-state index contributed by atoms with van der Waals surface area (Å²) in [5.41, 5.74) is 2.67. The second-order valence-electron chi connectivity index (χ2n) is 4.31. The van der Waals surface area contributed by atoms with Crippen LogP contribution in [0.1, 0.15) is 23.7 Å². The van der Waals surface area contributed by atoms with Gasteiger partial charge in [-0.2, -0.15) is 10.2 Å². The van der Waals surface area contributed by atoms with Crippen molar-refractivity contribution >= 4 is 16.7 Å². The van der Waals surface area contributed by atoms with Gasteiger partial charge in [0.1, 0.15) is 0 Å². The Labute approximate surface area is 110 Å². The fourth-order valence-corrected chi connectivity index (χ4v) is 2.23. The maximum absolute atomic E-state index is 12.0. The van der Waals surface area contributed by atoms with Crippen LogP contribution in [0.3, 0.4) is 0 Å². The number of fused-ring (bicyclic) bond motifs is 1. The van der Waals surface area contributed by atoms with Crippen LogP contribution in [0, 0.1) is 0 Å². The molecule has 0 saturated carbocycles. The first kappa shape index (κ1) is 11.6. The molecule has 0 atom stereocenters. The van der Waals surface area contributed by atoms with Crippen molar-refractivity contribution in [3.63, 3.8) is 0 Å². The smallest absolute Gasteiger partial charge is 0.164 e. The van der Waals surface area contributed by atoms with Crippen molar-refractivity contribution in [2.75, 3.05) is 0 Å². The number of ketones is 1. The Kier molecular flexibility index (Phi) is 2.83. The SMILES string of the molecule is CCC(=O)c1cn(-c2ccnnc2)c2ccccc12. The number of hydrogen-bond donors (Lipinski definition) is 0. The van der Waals surface area contributed by atoms with Gasteiger partial charge >= 0.3 is 0 Å². The molecule has 3 rings (SSSR count). The summed E-state index contributed by atoms with van der Waals surface area (Å²) in [6.45, 7) is 1.88. The standard InChI is InChI=1S/C15H13N3O/c1-2-15(19)13-10-18(11-7-8-16-17-9-11)14-6-4-3-5-12(13)14/h3-10H,2H2,1H3. The number of nitrogens with zero attached hydrogens (tertiary/aromatic N) is 3. The number of carbonyl (C=O) groups excluding carboxylic acids is 1. The number of Topliss-reactive ketones (excluding diaryl/α,β-unsaturated/α-hetero) is 1.